The second kappa shape index (κ2) is 4.67. The molecule has 2 nitrogen and oxygen atoms in total. The first-order valence-electron chi connectivity index (χ1n) is 2.54. The van der Waals surface area contributed by atoms with Crippen LogP contribution in [0.25, 0.3) is 0 Å². The van der Waals surface area contributed by atoms with E-state index < -0.39 is 0 Å². The summed E-state index contributed by atoms with van der Waals surface area (Å²) in [6, 6.07) is 0. The molecule has 50 valence electrons. The van der Waals surface area contributed by atoms with Crippen molar-refractivity contribution in [3.05, 3.63) is 11.8 Å². The van der Waals surface area contributed by atoms with Gasteiger partial charge in [0, 0.05) is 12.4 Å². The molecule has 0 saturated heterocycles. The van der Waals surface area contributed by atoms with Crippen molar-refractivity contribution in [2.75, 3.05) is 0 Å². The van der Waals surface area contributed by atoms with Crippen molar-refractivity contribution < 1.29 is 0 Å². The SMILES string of the molecule is CC(I)=N/C=C(/C)C=N. The lowest BCUT2D eigenvalue weighted by Gasteiger charge is -1.83. The zero-order valence-electron chi connectivity index (χ0n) is 5.48. The van der Waals surface area contributed by atoms with Gasteiger partial charge in [0.25, 0.3) is 0 Å². The summed E-state index contributed by atoms with van der Waals surface area (Å²) in [5.41, 5.74) is 0.867. The molecule has 0 aromatic rings. The van der Waals surface area contributed by atoms with Crippen LogP contribution in [0, 0.1) is 5.41 Å². The summed E-state index contributed by atoms with van der Waals surface area (Å²) in [6.07, 6.45) is 2.96. The van der Waals surface area contributed by atoms with Gasteiger partial charge in [-0.05, 0) is 42.0 Å². The standard InChI is InChI=1S/C6H9IN2/c1-5(3-8)4-9-6(2)7/h3-4,8H,1-2H3/b5-4-,8-3?,9-6?. The minimum absolute atomic E-state index is 0.867. The van der Waals surface area contributed by atoms with Crippen molar-refractivity contribution in [2.24, 2.45) is 4.99 Å². The highest BCUT2D eigenvalue weighted by Gasteiger charge is 1.78. The summed E-state index contributed by atoms with van der Waals surface area (Å²) in [7, 11) is 0. The number of rotatable bonds is 2. The molecule has 0 bridgehead atoms. The number of allylic oxidation sites excluding steroid dienone is 1. The highest BCUT2D eigenvalue weighted by molar-refractivity contribution is 14.1. The van der Waals surface area contributed by atoms with Gasteiger partial charge in [-0.25, -0.2) is 0 Å². The van der Waals surface area contributed by atoms with Crippen molar-refractivity contribution in [1.82, 2.24) is 0 Å². The van der Waals surface area contributed by atoms with Gasteiger partial charge >= 0.3 is 0 Å². The Kier molecular flexibility index (Phi) is 4.57. The summed E-state index contributed by atoms with van der Waals surface area (Å²) in [5, 5.41) is 6.79. The van der Waals surface area contributed by atoms with Crippen LogP contribution < -0.4 is 0 Å². The molecule has 3 heteroatoms. The van der Waals surface area contributed by atoms with Crippen molar-refractivity contribution in [1.29, 1.82) is 5.41 Å². The van der Waals surface area contributed by atoms with Gasteiger partial charge in [0.05, 0.1) is 3.72 Å². The molecule has 9 heavy (non-hydrogen) atoms. The third-order valence-corrected chi connectivity index (χ3v) is 0.952. The van der Waals surface area contributed by atoms with Gasteiger partial charge in [0.15, 0.2) is 0 Å². The summed E-state index contributed by atoms with van der Waals surface area (Å²) in [6.45, 7) is 3.75. The molecule has 0 rings (SSSR count). The first-order valence-corrected chi connectivity index (χ1v) is 3.62. The first kappa shape index (κ1) is 8.81. The molecule has 0 unspecified atom stereocenters. The second-order valence-electron chi connectivity index (χ2n) is 1.64. The van der Waals surface area contributed by atoms with Gasteiger partial charge in [-0.15, -0.1) is 0 Å². The molecule has 0 aromatic heterocycles. The van der Waals surface area contributed by atoms with Crippen LogP contribution >= 0.6 is 22.6 Å². The van der Waals surface area contributed by atoms with Crippen molar-refractivity contribution in [3.63, 3.8) is 0 Å². The van der Waals surface area contributed by atoms with Crippen LogP contribution in [-0.4, -0.2) is 9.93 Å². The van der Waals surface area contributed by atoms with Gasteiger partial charge in [0.1, 0.15) is 0 Å². The topological polar surface area (TPSA) is 36.2 Å². The van der Waals surface area contributed by atoms with Crippen LogP contribution in [0.15, 0.2) is 16.8 Å². The summed E-state index contributed by atoms with van der Waals surface area (Å²) < 4.78 is 0.980. The minimum Gasteiger partial charge on any atom is -0.308 e. The lowest BCUT2D eigenvalue weighted by atomic mass is 10.4. The van der Waals surface area contributed by atoms with Gasteiger partial charge < -0.3 is 5.41 Å². The predicted molar refractivity (Wildman–Crippen MR) is 49.7 cm³/mol. The number of nitrogens with one attached hydrogen (secondary N) is 1. The molecule has 0 heterocycles. The maximum atomic E-state index is 6.79. The van der Waals surface area contributed by atoms with Crippen LogP contribution in [0.4, 0.5) is 0 Å². The highest BCUT2D eigenvalue weighted by Crippen LogP contribution is 1.92. The maximum Gasteiger partial charge on any atom is 0.0752 e. The second-order valence-corrected chi connectivity index (χ2v) is 3.20. The molecule has 1 N–H and O–H groups in total. The zero-order chi connectivity index (χ0) is 7.28. The van der Waals surface area contributed by atoms with Crippen LogP contribution in [-0.2, 0) is 0 Å². The Hall–Kier alpha value is -0.190. The molecular weight excluding hydrogens is 227 g/mol. The summed E-state index contributed by atoms with van der Waals surface area (Å²) >= 11 is 2.12. The van der Waals surface area contributed by atoms with E-state index in [9.17, 15) is 0 Å². The van der Waals surface area contributed by atoms with Crippen LogP contribution in [0.1, 0.15) is 13.8 Å². The molecular formula is C6H9IN2. The number of hydrogen-bond acceptors (Lipinski definition) is 2. The molecule has 0 spiro atoms. The van der Waals surface area contributed by atoms with Crippen LogP contribution in [0.2, 0.25) is 0 Å². The van der Waals surface area contributed by atoms with E-state index in [0.717, 1.165) is 9.29 Å². The van der Waals surface area contributed by atoms with Crippen LogP contribution in [0.3, 0.4) is 0 Å². The van der Waals surface area contributed by atoms with Crippen LogP contribution in [0.5, 0.6) is 0 Å². The lowest BCUT2D eigenvalue weighted by molar-refractivity contribution is 1.44. The number of hydrogen-bond donors (Lipinski definition) is 1. The van der Waals surface area contributed by atoms with Crippen molar-refractivity contribution in [2.45, 2.75) is 13.8 Å². The summed E-state index contributed by atoms with van der Waals surface area (Å²) in [4.78, 5) is 3.99. The third-order valence-electron chi connectivity index (χ3n) is 0.674. The van der Waals surface area contributed by atoms with Gasteiger partial charge in [0.2, 0.25) is 0 Å². The Morgan fingerprint density at radius 1 is 1.56 bits per heavy atom. The monoisotopic (exact) mass is 236 g/mol. The van der Waals surface area contributed by atoms with Crippen molar-refractivity contribution in [3.8, 4) is 0 Å². The van der Waals surface area contributed by atoms with E-state index in [1.807, 2.05) is 13.8 Å². The fraction of sp³-hybridized carbons (Fsp3) is 0.333. The zero-order valence-corrected chi connectivity index (χ0v) is 7.64. The maximum absolute atomic E-state index is 6.79. The first-order chi connectivity index (χ1) is 4.16. The van der Waals surface area contributed by atoms with E-state index in [1.54, 1.807) is 6.20 Å². The quantitative estimate of drug-likeness (QED) is 0.564. The molecule has 0 saturated carbocycles. The fourth-order valence-electron chi connectivity index (χ4n) is 0.228. The Morgan fingerprint density at radius 2 is 2.11 bits per heavy atom. The smallest absolute Gasteiger partial charge is 0.0752 e. The normalized spacial score (nSPS) is 13.7. The molecule has 0 aliphatic rings. The van der Waals surface area contributed by atoms with Gasteiger partial charge in [-0.2, -0.15) is 0 Å². The van der Waals surface area contributed by atoms with Gasteiger partial charge in [-0.3, -0.25) is 4.99 Å². The van der Waals surface area contributed by atoms with Crippen molar-refractivity contribution >= 4 is 32.5 Å². The lowest BCUT2D eigenvalue weighted by Crippen LogP contribution is -1.75. The predicted octanol–water partition coefficient (Wildman–Crippen LogP) is 2.39. The van der Waals surface area contributed by atoms with E-state index >= 15 is 0 Å². The Balaban J connectivity index is 3.98. The highest BCUT2D eigenvalue weighted by atomic mass is 127. The summed E-state index contributed by atoms with van der Waals surface area (Å²) in [5.74, 6) is 0. The molecule has 0 aliphatic carbocycles. The Bertz CT molecular complexity index is 154. The molecule has 0 fully saturated rings. The van der Waals surface area contributed by atoms with E-state index in [-0.39, 0.29) is 0 Å². The third kappa shape index (κ3) is 5.68. The molecule has 0 aliphatic heterocycles. The van der Waals surface area contributed by atoms with E-state index in [1.165, 1.54) is 6.21 Å². The molecule has 0 atom stereocenters. The average molecular weight is 236 g/mol. The number of aliphatic imine (C=N–C) groups is 1. The van der Waals surface area contributed by atoms with E-state index in [4.69, 9.17) is 5.41 Å². The Morgan fingerprint density at radius 3 is 2.44 bits per heavy atom. The fourth-order valence-corrected chi connectivity index (χ4v) is 0.367. The van der Waals surface area contributed by atoms with E-state index in [2.05, 4.69) is 27.6 Å². The van der Waals surface area contributed by atoms with E-state index in [0.29, 0.717) is 0 Å². The van der Waals surface area contributed by atoms with Gasteiger partial charge in [-0.1, -0.05) is 0 Å². The molecule has 0 aromatic carbocycles. The number of nitrogens with zero attached hydrogens (tertiary/aromatic N) is 1. The molecule has 0 radical (unpaired) electrons. The average Bonchev–Trinajstić information content (AvgIpc) is 1.83. The number of halogens is 1. The Labute approximate surface area is 68.7 Å². The molecule has 0 amide bonds. The largest absolute Gasteiger partial charge is 0.308 e. The minimum atomic E-state index is 0.867.